The molecule has 0 aliphatic carbocycles. The first-order chi connectivity index (χ1) is 11.6. The number of nitrogens with zero attached hydrogens (tertiary/aromatic N) is 1. The normalized spacial score (nSPS) is 17.8. The minimum Gasteiger partial charge on any atom is -0.372 e. The van der Waals surface area contributed by atoms with E-state index < -0.39 is 0 Å². The Labute approximate surface area is 146 Å². The van der Waals surface area contributed by atoms with Gasteiger partial charge in [0, 0.05) is 29.2 Å². The van der Waals surface area contributed by atoms with Crippen molar-refractivity contribution in [3.05, 3.63) is 70.5 Å². The SMILES string of the molecule is O=C(c1ccc(Cl)cc1)N1CCCC(OCc2ccccc2F)C1. The zero-order chi connectivity index (χ0) is 16.9. The van der Waals surface area contributed by atoms with Crippen molar-refractivity contribution in [1.82, 2.24) is 4.90 Å². The monoisotopic (exact) mass is 347 g/mol. The zero-order valence-electron chi connectivity index (χ0n) is 13.3. The minimum absolute atomic E-state index is 0.0224. The molecule has 3 nitrogen and oxygen atoms in total. The van der Waals surface area contributed by atoms with Gasteiger partial charge in [0.2, 0.25) is 0 Å². The summed E-state index contributed by atoms with van der Waals surface area (Å²) in [5.74, 6) is -0.284. The average Bonchev–Trinajstić information content (AvgIpc) is 2.61. The molecule has 0 aromatic heterocycles. The van der Waals surface area contributed by atoms with Crippen molar-refractivity contribution in [2.24, 2.45) is 0 Å². The molecular weight excluding hydrogens is 329 g/mol. The Kier molecular flexibility index (Phi) is 5.48. The third kappa shape index (κ3) is 4.13. The number of piperidine rings is 1. The van der Waals surface area contributed by atoms with Crippen LogP contribution in [0.1, 0.15) is 28.8 Å². The van der Waals surface area contributed by atoms with Gasteiger partial charge < -0.3 is 9.64 Å². The summed E-state index contributed by atoms with van der Waals surface area (Å²) in [5, 5.41) is 0.608. The van der Waals surface area contributed by atoms with Crippen molar-refractivity contribution >= 4 is 17.5 Å². The molecule has 24 heavy (non-hydrogen) atoms. The van der Waals surface area contributed by atoms with Crippen molar-refractivity contribution in [2.75, 3.05) is 13.1 Å². The van der Waals surface area contributed by atoms with Crippen LogP contribution in [-0.4, -0.2) is 30.0 Å². The van der Waals surface area contributed by atoms with Gasteiger partial charge in [-0.3, -0.25) is 4.79 Å². The molecule has 1 atom stereocenters. The van der Waals surface area contributed by atoms with E-state index in [1.54, 1.807) is 47.4 Å². The second-order valence-corrected chi connectivity index (χ2v) is 6.36. The molecule has 1 aliphatic rings. The van der Waals surface area contributed by atoms with Crippen LogP contribution in [0.3, 0.4) is 0 Å². The van der Waals surface area contributed by atoms with Crippen LogP contribution in [0.15, 0.2) is 48.5 Å². The molecule has 1 unspecified atom stereocenters. The van der Waals surface area contributed by atoms with Crippen molar-refractivity contribution in [3.8, 4) is 0 Å². The molecule has 0 N–H and O–H groups in total. The summed E-state index contributed by atoms with van der Waals surface area (Å²) in [5.41, 5.74) is 1.16. The van der Waals surface area contributed by atoms with Gasteiger partial charge in [0.05, 0.1) is 12.7 Å². The molecule has 1 saturated heterocycles. The van der Waals surface area contributed by atoms with Gasteiger partial charge in [-0.15, -0.1) is 0 Å². The van der Waals surface area contributed by atoms with Crippen LogP contribution < -0.4 is 0 Å². The Hall–Kier alpha value is -1.91. The van der Waals surface area contributed by atoms with Gasteiger partial charge in [-0.05, 0) is 43.2 Å². The van der Waals surface area contributed by atoms with E-state index in [0.29, 0.717) is 29.2 Å². The largest absolute Gasteiger partial charge is 0.372 e. The molecule has 3 rings (SSSR count). The Balaban J connectivity index is 1.59. The highest BCUT2D eigenvalue weighted by Crippen LogP contribution is 2.19. The van der Waals surface area contributed by atoms with Crippen LogP contribution in [0.4, 0.5) is 4.39 Å². The summed E-state index contributed by atoms with van der Waals surface area (Å²) in [6, 6.07) is 13.5. The average molecular weight is 348 g/mol. The molecule has 2 aromatic carbocycles. The molecule has 0 bridgehead atoms. The molecule has 0 radical (unpaired) electrons. The maximum atomic E-state index is 13.6. The third-order valence-electron chi connectivity index (χ3n) is 4.19. The summed E-state index contributed by atoms with van der Waals surface area (Å²) in [4.78, 5) is 14.3. The van der Waals surface area contributed by atoms with Crippen LogP contribution in [-0.2, 0) is 11.3 Å². The Morgan fingerprint density at radius 1 is 1.21 bits per heavy atom. The molecule has 1 fully saturated rings. The number of carbonyl (C=O) groups is 1. The predicted octanol–water partition coefficient (Wildman–Crippen LogP) is 4.30. The van der Waals surface area contributed by atoms with Gasteiger partial charge in [-0.2, -0.15) is 0 Å². The highest BCUT2D eigenvalue weighted by Gasteiger charge is 2.25. The van der Waals surface area contributed by atoms with E-state index in [1.807, 2.05) is 0 Å². The highest BCUT2D eigenvalue weighted by molar-refractivity contribution is 6.30. The van der Waals surface area contributed by atoms with Gasteiger partial charge >= 0.3 is 0 Å². The lowest BCUT2D eigenvalue weighted by Gasteiger charge is -2.32. The van der Waals surface area contributed by atoms with Gasteiger partial charge in [0.1, 0.15) is 5.82 Å². The second-order valence-electron chi connectivity index (χ2n) is 5.92. The van der Waals surface area contributed by atoms with Crippen LogP contribution in [0, 0.1) is 5.82 Å². The van der Waals surface area contributed by atoms with Gasteiger partial charge in [-0.25, -0.2) is 4.39 Å². The smallest absolute Gasteiger partial charge is 0.253 e. The van der Waals surface area contributed by atoms with E-state index in [1.165, 1.54) is 6.07 Å². The van der Waals surface area contributed by atoms with E-state index in [9.17, 15) is 9.18 Å². The maximum absolute atomic E-state index is 13.6. The summed E-state index contributed by atoms with van der Waals surface area (Å²) in [7, 11) is 0. The van der Waals surface area contributed by atoms with E-state index >= 15 is 0 Å². The van der Waals surface area contributed by atoms with E-state index in [0.717, 1.165) is 12.8 Å². The van der Waals surface area contributed by atoms with Gasteiger partial charge in [0.25, 0.3) is 5.91 Å². The van der Waals surface area contributed by atoms with E-state index in [-0.39, 0.29) is 24.4 Å². The molecule has 1 amide bonds. The van der Waals surface area contributed by atoms with Crippen molar-refractivity contribution < 1.29 is 13.9 Å². The number of halogens is 2. The fourth-order valence-electron chi connectivity index (χ4n) is 2.86. The molecule has 0 saturated carbocycles. The number of benzene rings is 2. The fourth-order valence-corrected chi connectivity index (χ4v) is 2.98. The Morgan fingerprint density at radius 3 is 2.71 bits per heavy atom. The lowest BCUT2D eigenvalue weighted by molar-refractivity contribution is -0.00761. The lowest BCUT2D eigenvalue weighted by atomic mass is 10.1. The van der Waals surface area contributed by atoms with Crippen LogP contribution >= 0.6 is 11.6 Å². The highest BCUT2D eigenvalue weighted by atomic mass is 35.5. The summed E-state index contributed by atoms with van der Waals surface area (Å²) in [6.45, 7) is 1.46. The number of rotatable bonds is 4. The molecular formula is C19H19ClFNO2. The lowest BCUT2D eigenvalue weighted by Crippen LogP contribution is -2.43. The van der Waals surface area contributed by atoms with Crippen molar-refractivity contribution in [2.45, 2.75) is 25.6 Å². The molecule has 126 valence electrons. The van der Waals surface area contributed by atoms with Gasteiger partial charge in [-0.1, -0.05) is 29.8 Å². The summed E-state index contributed by atoms with van der Waals surface area (Å²) < 4.78 is 19.5. The number of likely N-dealkylation sites (tertiary alicyclic amines) is 1. The zero-order valence-corrected chi connectivity index (χ0v) is 14.0. The molecule has 2 aromatic rings. The molecule has 0 spiro atoms. The summed E-state index contributed by atoms with van der Waals surface area (Å²) in [6.07, 6.45) is 1.68. The number of hydrogen-bond acceptors (Lipinski definition) is 2. The van der Waals surface area contributed by atoms with Gasteiger partial charge in [0.15, 0.2) is 0 Å². The van der Waals surface area contributed by atoms with Crippen LogP contribution in [0.25, 0.3) is 0 Å². The second kappa shape index (κ2) is 7.77. The van der Waals surface area contributed by atoms with E-state index in [2.05, 4.69) is 0 Å². The minimum atomic E-state index is -0.262. The standard InChI is InChI=1S/C19H19ClFNO2/c20-16-9-7-14(8-10-16)19(23)22-11-3-5-17(12-22)24-13-15-4-1-2-6-18(15)21/h1-2,4,6-10,17H,3,5,11-13H2. The predicted molar refractivity (Wildman–Crippen MR) is 91.6 cm³/mol. The van der Waals surface area contributed by atoms with Crippen LogP contribution in [0.5, 0.6) is 0 Å². The number of hydrogen-bond donors (Lipinski definition) is 0. The first-order valence-corrected chi connectivity index (χ1v) is 8.41. The van der Waals surface area contributed by atoms with E-state index in [4.69, 9.17) is 16.3 Å². The first kappa shape index (κ1) is 16.9. The fraction of sp³-hybridized carbons (Fsp3) is 0.316. The number of carbonyl (C=O) groups excluding carboxylic acids is 1. The molecule has 1 heterocycles. The maximum Gasteiger partial charge on any atom is 0.253 e. The molecule has 1 aliphatic heterocycles. The third-order valence-corrected chi connectivity index (χ3v) is 4.44. The van der Waals surface area contributed by atoms with Crippen LogP contribution in [0.2, 0.25) is 5.02 Å². The number of ether oxygens (including phenoxy) is 1. The Morgan fingerprint density at radius 2 is 1.96 bits per heavy atom. The summed E-state index contributed by atoms with van der Waals surface area (Å²) >= 11 is 5.86. The topological polar surface area (TPSA) is 29.5 Å². The van der Waals surface area contributed by atoms with Crippen molar-refractivity contribution in [1.29, 1.82) is 0 Å². The Bertz CT molecular complexity index is 705. The number of amides is 1. The quantitative estimate of drug-likeness (QED) is 0.825. The molecule has 5 heteroatoms. The van der Waals surface area contributed by atoms with Crippen molar-refractivity contribution in [3.63, 3.8) is 0 Å². The first-order valence-electron chi connectivity index (χ1n) is 8.03.